The van der Waals surface area contributed by atoms with Gasteiger partial charge in [0.2, 0.25) is 11.1 Å². The van der Waals surface area contributed by atoms with E-state index in [0.717, 1.165) is 12.8 Å². The Balaban J connectivity index is 3.46. The molecule has 0 aliphatic carbocycles. The largest absolute Gasteiger partial charge is 0.345 e. The van der Waals surface area contributed by atoms with Gasteiger partial charge >= 0.3 is 5.25 Å². The Bertz CT molecular complexity index is 167. The molecule has 80 valence electrons. The summed E-state index contributed by atoms with van der Waals surface area (Å²) in [7, 11) is 0. The van der Waals surface area contributed by atoms with Gasteiger partial charge < -0.3 is 10.3 Å². The van der Waals surface area contributed by atoms with Gasteiger partial charge in [-0.1, -0.05) is 12.8 Å². The van der Waals surface area contributed by atoms with Crippen molar-refractivity contribution in [3.05, 3.63) is 0 Å². The number of alkyl halides is 2. The molecule has 0 bridgehead atoms. The van der Waals surface area contributed by atoms with E-state index in [1.54, 1.807) is 0 Å². The minimum atomic E-state index is -3.46. The van der Waals surface area contributed by atoms with E-state index in [1.165, 1.54) is 0 Å². The Hall–Kier alpha value is -0.0700. The predicted molar refractivity (Wildman–Crippen MR) is 47.9 cm³/mol. The lowest BCUT2D eigenvalue weighted by atomic mass is 10.1. The molecule has 0 rings (SSSR count). The van der Waals surface area contributed by atoms with E-state index in [9.17, 15) is 13.0 Å². The van der Waals surface area contributed by atoms with E-state index in [2.05, 4.69) is 0 Å². The number of hydrogen-bond acceptors (Lipinski definition) is 2. The van der Waals surface area contributed by atoms with Gasteiger partial charge in [0.05, 0.1) is 0 Å². The van der Waals surface area contributed by atoms with Gasteiger partial charge in [0.25, 0.3) is 0 Å². The van der Waals surface area contributed by atoms with Gasteiger partial charge in [-0.25, -0.2) is 4.21 Å². The summed E-state index contributed by atoms with van der Waals surface area (Å²) in [6.07, 6.45) is 1.97. The summed E-state index contributed by atoms with van der Waals surface area (Å²) in [4.78, 5) is 0. The zero-order valence-electron chi connectivity index (χ0n) is 7.34. The smallest absolute Gasteiger partial charge is 0.330 e. The van der Waals surface area contributed by atoms with Gasteiger partial charge in [0.1, 0.15) is 0 Å². The maximum Gasteiger partial charge on any atom is 0.345 e. The Morgan fingerprint density at radius 3 is 2.23 bits per heavy atom. The first kappa shape index (κ1) is 12.9. The number of hydrogen-bond donors (Lipinski definition) is 2. The molecule has 0 aliphatic heterocycles. The maximum atomic E-state index is 12.5. The van der Waals surface area contributed by atoms with E-state index in [1.807, 2.05) is 0 Å². The molecule has 3 nitrogen and oxygen atoms in total. The molecular formula is C7H15F2NO2S. The lowest BCUT2D eigenvalue weighted by Gasteiger charge is -2.10. The number of halogens is 2. The molecule has 1 atom stereocenters. The SMILES string of the molecule is NCCCCCCC(F)(F)S(=O)O. The van der Waals surface area contributed by atoms with Gasteiger partial charge in [-0.2, -0.15) is 8.78 Å². The predicted octanol–water partition coefficient (Wildman–Crippen LogP) is 1.71. The van der Waals surface area contributed by atoms with Crippen molar-refractivity contribution in [1.29, 1.82) is 0 Å². The molecule has 0 fully saturated rings. The van der Waals surface area contributed by atoms with Crippen LogP contribution in [-0.4, -0.2) is 20.6 Å². The van der Waals surface area contributed by atoms with Crippen LogP contribution < -0.4 is 5.73 Å². The van der Waals surface area contributed by atoms with Crippen molar-refractivity contribution in [3.63, 3.8) is 0 Å². The molecule has 0 aromatic heterocycles. The minimum Gasteiger partial charge on any atom is -0.330 e. The van der Waals surface area contributed by atoms with Gasteiger partial charge in [-0.05, 0) is 19.4 Å². The van der Waals surface area contributed by atoms with Crippen LogP contribution in [-0.2, 0) is 11.1 Å². The van der Waals surface area contributed by atoms with Gasteiger partial charge in [0, 0.05) is 6.42 Å². The van der Waals surface area contributed by atoms with Crippen molar-refractivity contribution < 1.29 is 17.5 Å². The molecule has 13 heavy (non-hydrogen) atoms. The van der Waals surface area contributed by atoms with E-state index in [-0.39, 0.29) is 6.42 Å². The van der Waals surface area contributed by atoms with Crippen molar-refractivity contribution in [2.75, 3.05) is 6.54 Å². The summed E-state index contributed by atoms with van der Waals surface area (Å²) in [5, 5.41) is -3.46. The average Bonchev–Trinajstić information content (AvgIpc) is 2.03. The third-order valence-corrected chi connectivity index (χ3v) is 2.39. The zero-order valence-corrected chi connectivity index (χ0v) is 8.16. The second-order valence-electron chi connectivity index (χ2n) is 2.84. The normalized spacial score (nSPS) is 14.5. The third kappa shape index (κ3) is 6.06. The minimum absolute atomic E-state index is 0.263. The fourth-order valence-electron chi connectivity index (χ4n) is 0.916. The van der Waals surface area contributed by atoms with Crippen LogP contribution in [0, 0.1) is 0 Å². The highest BCUT2D eigenvalue weighted by molar-refractivity contribution is 7.80. The first-order valence-corrected chi connectivity index (χ1v) is 5.30. The summed E-state index contributed by atoms with van der Waals surface area (Å²) in [5.74, 6) is 0. The highest BCUT2D eigenvalue weighted by Gasteiger charge is 2.35. The fourth-order valence-corrected chi connectivity index (χ4v) is 1.23. The highest BCUT2D eigenvalue weighted by atomic mass is 32.2. The highest BCUT2D eigenvalue weighted by Crippen LogP contribution is 2.24. The van der Waals surface area contributed by atoms with E-state index < -0.39 is 22.8 Å². The second-order valence-corrected chi connectivity index (χ2v) is 3.93. The summed E-state index contributed by atoms with van der Waals surface area (Å²) >= 11 is -3.04. The van der Waals surface area contributed by atoms with E-state index >= 15 is 0 Å². The van der Waals surface area contributed by atoms with Crippen molar-refractivity contribution in [1.82, 2.24) is 0 Å². The molecule has 3 N–H and O–H groups in total. The van der Waals surface area contributed by atoms with Crippen LogP contribution in [0.25, 0.3) is 0 Å². The van der Waals surface area contributed by atoms with E-state index in [0.29, 0.717) is 13.0 Å². The zero-order chi connectivity index (χ0) is 10.3. The summed E-state index contributed by atoms with van der Waals surface area (Å²) in [6, 6.07) is 0. The summed E-state index contributed by atoms with van der Waals surface area (Å²) in [5.41, 5.74) is 5.21. The van der Waals surface area contributed by atoms with Gasteiger partial charge in [-0.3, -0.25) is 0 Å². The Morgan fingerprint density at radius 2 is 1.77 bits per heavy atom. The monoisotopic (exact) mass is 215 g/mol. The van der Waals surface area contributed by atoms with Gasteiger partial charge in [0.15, 0.2) is 0 Å². The quantitative estimate of drug-likeness (QED) is 0.502. The van der Waals surface area contributed by atoms with Crippen LogP contribution in [0.2, 0.25) is 0 Å². The molecule has 1 unspecified atom stereocenters. The van der Waals surface area contributed by atoms with Crippen molar-refractivity contribution in [3.8, 4) is 0 Å². The number of nitrogens with two attached hydrogens (primary N) is 1. The Morgan fingerprint density at radius 1 is 1.23 bits per heavy atom. The number of unbranched alkanes of at least 4 members (excludes halogenated alkanes) is 3. The van der Waals surface area contributed by atoms with Crippen LogP contribution in [0.4, 0.5) is 8.78 Å². The van der Waals surface area contributed by atoms with E-state index in [4.69, 9.17) is 10.3 Å². The molecule has 0 heterocycles. The molecular weight excluding hydrogens is 200 g/mol. The number of rotatable bonds is 7. The fraction of sp³-hybridized carbons (Fsp3) is 1.00. The molecule has 6 heteroatoms. The Labute approximate surface area is 79.0 Å². The van der Waals surface area contributed by atoms with Crippen LogP contribution >= 0.6 is 0 Å². The molecule has 0 saturated heterocycles. The van der Waals surface area contributed by atoms with Crippen molar-refractivity contribution >= 4 is 11.1 Å². The Kier molecular flexibility index (Phi) is 6.36. The standard InChI is InChI=1S/C7H15F2NO2S/c8-7(9,13(11)12)5-3-1-2-4-6-10/h1-6,10H2,(H,11,12). The van der Waals surface area contributed by atoms with Crippen molar-refractivity contribution in [2.45, 2.75) is 37.4 Å². The molecule has 0 amide bonds. The van der Waals surface area contributed by atoms with Crippen LogP contribution in [0.15, 0.2) is 0 Å². The molecule has 0 aromatic carbocycles. The first-order valence-electron chi connectivity index (χ1n) is 4.19. The summed E-state index contributed by atoms with van der Waals surface area (Å²) in [6.45, 7) is 0.558. The second kappa shape index (κ2) is 6.39. The molecule has 0 saturated carbocycles. The average molecular weight is 215 g/mol. The maximum absolute atomic E-state index is 12.5. The van der Waals surface area contributed by atoms with Gasteiger partial charge in [-0.15, -0.1) is 0 Å². The summed E-state index contributed by atoms with van der Waals surface area (Å²) < 4.78 is 43.2. The first-order chi connectivity index (χ1) is 6.00. The van der Waals surface area contributed by atoms with Crippen LogP contribution in [0.1, 0.15) is 32.1 Å². The third-order valence-electron chi connectivity index (χ3n) is 1.68. The lowest BCUT2D eigenvalue weighted by Crippen LogP contribution is -2.22. The lowest BCUT2D eigenvalue weighted by molar-refractivity contribution is 0.0771. The molecule has 0 radical (unpaired) electrons. The molecule has 0 aromatic rings. The molecule has 0 aliphatic rings. The van der Waals surface area contributed by atoms with Crippen LogP contribution in [0.5, 0.6) is 0 Å². The molecule has 0 spiro atoms. The van der Waals surface area contributed by atoms with Crippen LogP contribution in [0.3, 0.4) is 0 Å². The van der Waals surface area contributed by atoms with Crippen molar-refractivity contribution in [2.24, 2.45) is 5.73 Å². The topological polar surface area (TPSA) is 63.3 Å².